The number of benzene rings is 1. The van der Waals surface area contributed by atoms with Gasteiger partial charge >= 0.3 is 0 Å². The van der Waals surface area contributed by atoms with Crippen LogP contribution in [0.2, 0.25) is 0 Å². The topological polar surface area (TPSA) is 23.5 Å². The monoisotopic (exact) mass is 217 g/mol. The second kappa shape index (κ2) is 6.13. The number of rotatable bonds is 6. The number of hydrogen-bond donors (Lipinski definition) is 1. The van der Waals surface area contributed by atoms with Gasteiger partial charge < -0.3 is 10.0 Å². The third kappa shape index (κ3) is 3.24. The largest absolute Gasteiger partial charge is 0.389 e. The minimum Gasteiger partial charge on any atom is -0.389 e. The minimum absolute atomic E-state index is 0.415. The first-order valence-electron chi connectivity index (χ1n) is 5.43. The lowest BCUT2D eigenvalue weighted by Crippen LogP contribution is -2.22. The highest BCUT2D eigenvalue weighted by Crippen LogP contribution is 2.18. The highest BCUT2D eigenvalue weighted by molar-refractivity contribution is 5.49. The van der Waals surface area contributed by atoms with E-state index in [1.54, 1.807) is 6.92 Å². The Morgan fingerprint density at radius 1 is 1.19 bits per heavy atom. The lowest BCUT2D eigenvalue weighted by molar-refractivity contribution is 0.199. The van der Waals surface area contributed by atoms with E-state index in [0.717, 1.165) is 24.3 Å². The summed E-state index contributed by atoms with van der Waals surface area (Å²) in [6.45, 7) is 10.8. The number of aliphatic hydroxyl groups is 1. The van der Waals surface area contributed by atoms with Gasteiger partial charge in [-0.1, -0.05) is 24.3 Å². The minimum atomic E-state index is -0.415. The second-order valence-electron chi connectivity index (χ2n) is 3.75. The third-order valence-corrected chi connectivity index (χ3v) is 2.44. The van der Waals surface area contributed by atoms with Crippen molar-refractivity contribution >= 4 is 5.69 Å². The summed E-state index contributed by atoms with van der Waals surface area (Å²) in [6.07, 6.45) is 3.32. The molecule has 16 heavy (non-hydrogen) atoms. The van der Waals surface area contributed by atoms with Crippen molar-refractivity contribution in [3.05, 3.63) is 55.1 Å². The van der Waals surface area contributed by atoms with E-state index in [9.17, 15) is 5.11 Å². The Morgan fingerprint density at radius 2 is 1.69 bits per heavy atom. The van der Waals surface area contributed by atoms with Gasteiger partial charge in [-0.3, -0.25) is 0 Å². The first-order valence-corrected chi connectivity index (χ1v) is 5.43. The molecule has 1 atom stereocenters. The molecule has 1 unspecified atom stereocenters. The van der Waals surface area contributed by atoms with Crippen LogP contribution >= 0.6 is 0 Å². The van der Waals surface area contributed by atoms with Crippen molar-refractivity contribution in [2.45, 2.75) is 13.0 Å². The van der Waals surface area contributed by atoms with Gasteiger partial charge in [0.2, 0.25) is 0 Å². The molecular formula is C14H19NO. The molecule has 1 N–H and O–H groups in total. The van der Waals surface area contributed by atoms with Crippen LogP contribution in [0, 0.1) is 0 Å². The Hall–Kier alpha value is -1.54. The van der Waals surface area contributed by atoms with Gasteiger partial charge in [0.15, 0.2) is 0 Å². The summed E-state index contributed by atoms with van der Waals surface area (Å²) in [5.74, 6) is 0. The molecule has 1 aromatic rings. The standard InChI is InChI=1S/C14H19NO/c1-4-10-15(11-5-2)14-8-6-13(7-9-14)12(3)16/h4-9,12,16H,1-2,10-11H2,3H3. The molecule has 0 heterocycles. The lowest BCUT2D eigenvalue weighted by Gasteiger charge is -2.22. The van der Waals surface area contributed by atoms with Gasteiger partial charge in [0.05, 0.1) is 6.10 Å². The summed E-state index contributed by atoms with van der Waals surface area (Å²) in [6, 6.07) is 7.91. The van der Waals surface area contributed by atoms with Crippen molar-refractivity contribution in [3.63, 3.8) is 0 Å². The van der Waals surface area contributed by atoms with Crippen molar-refractivity contribution in [1.29, 1.82) is 0 Å². The van der Waals surface area contributed by atoms with Crippen LogP contribution in [0.25, 0.3) is 0 Å². The van der Waals surface area contributed by atoms with Crippen molar-refractivity contribution < 1.29 is 5.11 Å². The third-order valence-electron chi connectivity index (χ3n) is 2.44. The van der Waals surface area contributed by atoms with Crippen LogP contribution in [0.3, 0.4) is 0 Å². The lowest BCUT2D eigenvalue weighted by atomic mass is 10.1. The molecule has 0 aliphatic carbocycles. The molecule has 0 fully saturated rings. The number of hydrogen-bond acceptors (Lipinski definition) is 2. The van der Waals surface area contributed by atoms with Gasteiger partial charge in [-0.25, -0.2) is 0 Å². The number of anilines is 1. The van der Waals surface area contributed by atoms with E-state index in [-0.39, 0.29) is 0 Å². The molecule has 86 valence electrons. The van der Waals surface area contributed by atoms with Crippen molar-refractivity contribution in [3.8, 4) is 0 Å². The summed E-state index contributed by atoms with van der Waals surface area (Å²) in [5, 5.41) is 9.41. The molecule has 1 rings (SSSR count). The zero-order chi connectivity index (χ0) is 12.0. The van der Waals surface area contributed by atoms with Crippen molar-refractivity contribution in [1.82, 2.24) is 0 Å². The van der Waals surface area contributed by atoms with Gasteiger partial charge in [0.25, 0.3) is 0 Å². The molecule has 0 spiro atoms. The molecule has 0 saturated carbocycles. The van der Waals surface area contributed by atoms with Crippen molar-refractivity contribution in [2.24, 2.45) is 0 Å². The van der Waals surface area contributed by atoms with E-state index in [1.807, 2.05) is 36.4 Å². The van der Waals surface area contributed by atoms with Crippen LogP contribution < -0.4 is 4.90 Å². The molecule has 0 bridgehead atoms. The first kappa shape index (κ1) is 12.5. The molecule has 0 aliphatic heterocycles. The fraction of sp³-hybridized carbons (Fsp3) is 0.286. The molecule has 1 aromatic carbocycles. The fourth-order valence-electron chi connectivity index (χ4n) is 1.56. The summed E-state index contributed by atoms with van der Waals surface area (Å²) < 4.78 is 0. The predicted octanol–water partition coefficient (Wildman–Crippen LogP) is 2.92. The molecule has 2 heteroatoms. The van der Waals surface area contributed by atoms with Gasteiger partial charge in [0.1, 0.15) is 0 Å². The van der Waals surface area contributed by atoms with E-state index in [4.69, 9.17) is 0 Å². The highest BCUT2D eigenvalue weighted by Gasteiger charge is 2.04. The zero-order valence-corrected chi connectivity index (χ0v) is 9.76. The first-order chi connectivity index (χ1) is 7.69. The SMILES string of the molecule is C=CCN(CC=C)c1ccc(C(C)O)cc1. The quantitative estimate of drug-likeness (QED) is 0.741. The summed E-state index contributed by atoms with van der Waals surface area (Å²) >= 11 is 0. The average molecular weight is 217 g/mol. The van der Waals surface area contributed by atoms with Crippen LogP contribution in [0.15, 0.2) is 49.6 Å². The van der Waals surface area contributed by atoms with E-state index in [0.29, 0.717) is 0 Å². The van der Waals surface area contributed by atoms with E-state index < -0.39 is 6.10 Å². The molecule has 0 aromatic heterocycles. The molecular weight excluding hydrogens is 198 g/mol. The van der Waals surface area contributed by atoms with Gasteiger partial charge in [0, 0.05) is 18.8 Å². The predicted molar refractivity (Wildman–Crippen MR) is 69.7 cm³/mol. The van der Waals surface area contributed by atoms with E-state index >= 15 is 0 Å². The number of aliphatic hydroxyl groups excluding tert-OH is 1. The van der Waals surface area contributed by atoms with Crippen molar-refractivity contribution in [2.75, 3.05) is 18.0 Å². The van der Waals surface area contributed by atoms with Gasteiger partial charge in [-0.05, 0) is 24.6 Å². The van der Waals surface area contributed by atoms with Crippen LogP contribution in [-0.2, 0) is 0 Å². The van der Waals surface area contributed by atoms with Crippen LogP contribution in [-0.4, -0.2) is 18.2 Å². The normalized spacial score (nSPS) is 11.9. The van der Waals surface area contributed by atoms with Gasteiger partial charge in [-0.2, -0.15) is 0 Å². The Labute approximate surface area is 97.5 Å². The fourth-order valence-corrected chi connectivity index (χ4v) is 1.56. The molecule has 0 saturated heterocycles. The Bertz CT molecular complexity index is 330. The Morgan fingerprint density at radius 3 is 2.06 bits per heavy atom. The molecule has 0 amide bonds. The zero-order valence-electron chi connectivity index (χ0n) is 9.76. The van der Waals surface area contributed by atoms with E-state index in [1.165, 1.54) is 0 Å². The number of nitrogens with zero attached hydrogens (tertiary/aromatic N) is 1. The van der Waals surface area contributed by atoms with Crippen LogP contribution in [0.4, 0.5) is 5.69 Å². The Kier molecular flexibility index (Phi) is 4.80. The van der Waals surface area contributed by atoms with E-state index in [2.05, 4.69) is 18.1 Å². The average Bonchev–Trinajstić information content (AvgIpc) is 2.29. The summed E-state index contributed by atoms with van der Waals surface area (Å²) in [7, 11) is 0. The maximum absolute atomic E-state index is 9.41. The maximum atomic E-state index is 9.41. The highest BCUT2D eigenvalue weighted by atomic mass is 16.3. The maximum Gasteiger partial charge on any atom is 0.0761 e. The van der Waals surface area contributed by atoms with Gasteiger partial charge in [-0.15, -0.1) is 13.2 Å². The molecule has 2 nitrogen and oxygen atoms in total. The smallest absolute Gasteiger partial charge is 0.0761 e. The molecule has 0 aliphatic rings. The summed E-state index contributed by atoms with van der Waals surface area (Å²) in [5.41, 5.74) is 2.05. The Balaban J connectivity index is 2.84. The van der Waals surface area contributed by atoms with Crippen LogP contribution in [0.5, 0.6) is 0 Å². The molecule has 0 radical (unpaired) electrons. The second-order valence-corrected chi connectivity index (χ2v) is 3.75. The summed E-state index contributed by atoms with van der Waals surface area (Å²) in [4.78, 5) is 2.16. The van der Waals surface area contributed by atoms with Crippen LogP contribution in [0.1, 0.15) is 18.6 Å².